The van der Waals surface area contributed by atoms with Crippen LogP contribution in [0.4, 0.5) is 0 Å². The largest absolute Gasteiger partial charge is 0.394 e. The number of nitrogens with one attached hydrogen (secondary N) is 1. The van der Waals surface area contributed by atoms with Gasteiger partial charge in [-0.2, -0.15) is 0 Å². The minimum absolute atomic E-state index is 0.376. The molecule has 1 amide bonds. The molecule has 5 N–H and O–H groups in total. The van der Waals surface area contributed by atoms with Gasteiger partial charge in [-0.05, 0) is 12.8 Å². The summed E-state index contributed by atoms with van der Waals surface area (Å²) in [6.45, 7) is 4.10. The van der Waals surface area contributed by atoms with Crippen LogP contribution >= 0.6 is 0 Å². The van der Waals surface area contributed by atoms with Crippen LogP contribution in [0.15, 0.2) is 0 Å². The molecule has 6 heteroatoms. The Morgan fingerprint density at radius 3 is 0.774 bits per heavy atom. The lowest BCUT2D eigenvalue weighted by Gasteiger charge is -2.27. The minimum Gasteiger partial charge on any atom is -0.394 e. The minimum atomic E-state index is -1.25. The maximum Gasteiger partial charge on any atom is 0.249 e. The molecule has 0 aliphatic rings. The van der Waals surface area contributed by atoms with E-state index in [1.54, 1.807) is 0 Å². The van der Waals surface area contributed by atoms with Gasteiger partial charge in [0.2, 0.25) is 5.91 Å². The smallest absolute Gasteiger partial charge is 0.249 e. The highest BCUT2D eigenvalue weighted by atomic mass is 16.3. The lowest BCUT2D eigenvalue weighted by Crippen LogP contribution is -2.53. The van der Waals surface area contributed by atoms with Crippen LogP contribution in [-0.4, -0.2) is 57.3 Å². The molecule has 0 fully saturated rings. The van der Waals surface area contributed by atoms with Crippen LogP contribution in [0.1, 0.15) is 322 Å². The number of aliphatic hydroxyl groups excluding tert-OH is 4. The third kappa shape index (κ3) is 44.5. The van der Waals surface area contributed by atoms with E-state index in [9.17, 15) is 25.2 Å². The fraction of sp³-hybridized carbons (Fsp3) is 0.982. The molecule has 0 bridgehead atoms. The predicted molar refractivity (Wildman–Crippen MR) is 270 cm³/mol. The third-order valence-electron chi connectivity index (χ3n) is 13.8. The van der Waals surface area contributed by atoms with Gasteiger partial charge in [-0.25, -0.2) is 0 Å². The van der Waals surface area contributed by atoms with Crippen molar-refractivity contribution >= 4 is 5.91 Å². The molecule has 0 aliphatic heterocycles. The lowest BCUT2D eigenvalue weighted by molar-refractivity contribution is -0.132. The molecule has 372 valence electrons. The summed E-state index contributed by atoms with van der Waals surface area (Å²) < 4.78 is 0. The Bertz CT molecular complexity index is 856. The molecule has 0 aromatic carbocycles. The number of carbonyl (C=O) groups is 1. The molecule has 62 heavy (non-hydrogen) atoms. The van der Waals surface area contributed by atoms with Gasteiger partial charge in [-0.1, -0.05) is 309 Å². The molecular weight excluding hydrogens is 767 g/mol. The molecule has 0 aromatic rings. The Labute approximate surface area is 388 Å². The van der Waals surface area contributed by atoms with Crippen LogP contribution in [0.5, 0.6) is 0 Å². The normalized spacial score (nSPS) is 13.7. The van der Waals surface area contributed by atoms with Gasteiger partial charge in [-0.3, -0.25) is 4.79 Å². The summed E-state index contributed by atoms with van der Waals surface area (Å²) in [5.41, 5.74) is 0. The van der Waals surface area contributed by atoms with Crippen LogP contribution in [0.2, 0.25) is 0 Å². The molecule has 4 unspecified atom stereocenters. The first-order chi connectivity index (χ1) is 30.5. The summed E-state index contributed by atoms with van der Waals surface area (Å²) in [7, 11) is 0. The van der Waals surface area contributed by atoms with E-state index in [2.05, 4.69) is 19.2 Å². The van der Waals surface area contributed by atoms with Gasteiger partial charge in [0.05, 0.1) is 18.8 Å². The Morgan fingerprint density at radius 1 is 0.339 bits per heavy atom. The number of amides is 1. The summed E-state index contributed by atoms with van der Waals surface area (Å²) >= 11 is 0. The van der Waals surface area contributed by atoms with E-state index in [1.165, 1.54) is 257 Å². The number of carbonyl (C=O) groups excluding carboxylic acids is 1. The quantitative estimate of drug-likeness (QED) is 0.0391. The van der Waals surface area contributed by atoms with E-state index < -0.39 is 36.9 Å². The number of aliphatic hydroxyl groups is 4. The fourth-order valence-electron chi connectivity index (χ4n) is 9.35. The molecule has 6 nitrogen and oxygen atoms in total. The molecule has 4 atom stereocenters. The summed E-state index contributed by atoms with van der Waals surface area (Å²) in [5, 5.41) is 44.0. The van der Waals surface area contributed by atoms with Gasteiger partial charge in [0.25, 0.3) is 0 Å². The summed E-state index contributed by atoms with van der Waals surface area (Å²) in [6, 6.07) is -0.980. The van der Waals surface area contributed by atoms with Crippen LogP contribution in [-0.2, 0) is 4.79 Å². The van der Waals surface area contributed by atoms with Gasteiger partial charge in [-0.15, -0.1) is 0 Å². The number of unbranched alkanes of at least 4 members (excludes halogenated alkanes) is 44. The summed E-state index contributed by atoms with van der Waals surface area (Å²) in [4.78, 5) is 12.6. The first kappa shape index (κ1) is 61.3. The highest BCUT2D eigenvalue weighted by Gasteiger charge is 2.28. The monoisotopic (exact) mass is 880 g/mol. The molecule has 0 aromatic heterocycles. The van der Waals surface area contributed by atoms with E-state index in [1.807, 2.05) is 0 Å². The van der Waals surface area contributed by atoms with E-state index in [4.69, 9.17) is 0 Å². The zero-order chi connectivity index (χ0) is 45.2. The molecule has 0 saturated carbocycles. The molecule has 0 aliphatic carbocycles. The van der Waals surface area contributed by atoms with Crippen molar-refractivity contribution in [2.45, 2.75) is 346 Å². The molecule has 0 saturated heterocycles. The second-order valence-corrected chi connectivity index (χ2v) is 20.0. The van der Waals surface area contributed by atoms with Gasteiger partial charge < -0.3 is 25.7 Å². The first-order valence-corrected chi connectivity index (χ1v) is 28.4. The second-order valence-electron chi connectivity index (χ2n) is 20.0. The predicted octanol–water partition coefficient (Wildman–Crippen LogP) is 16.3. The van der Waals surface area contributed by atoms with Crippen LogP contribution < -0.4 is 5.32 Å². The second kappa shape index (κ2) is 51.3. The van der Waals surface area contributed by atoms with E-state index >= 15 is 0 Å². The highest BCUT2D eigenvalue weighted by molar-refractivity contribution is 5.80. The maximum absolute atomic E-state index is 12.6. The number of rotatable bonds is 53. The Balaban J connectivity index is 3.57. The lowest BCUT2D eigenvalue weighted by atomic mass is 9.99. The average Bonchev–Trinajstić information content (AvgIpc) is 3.28. The first-order valence-electron chi connectivity index (χ1n) is 28.4. The molecular formula is C56H113NO5. The van der Waals surface area contributed by atoms with E-state index in [0.29, 0.717) is 12.8 Å². The zero-order valence-electron chi connectivity index (χ0n) is 42.2. The van der Waals surface area contributed by atoms with Crippen molar-refractivity contribution in [1.82, 2.24) is 5.32 Å². The van der Waals surface area contributed by atoms with Crippen molar-refractivity contribution in [3.05, 3.63) is 0 Å². The van der Waals surface area contributed by atoms with Crippen molar-refractivity contribution in [3.63, 3.8) is 0 Å². The Hall–Kier alpha value is -0.690. The maximum atomic E-state index is 12.6. The van der Waals surface area contributed by atoms with Gasteiger partial charge in [0.1, 0.15) is 12.2 Å². The van der Waals surface area contributed by atoms with Crippen molar-refractivity contribution in [2.75, 3.05) is 6.61 Å². The Morgan fingerprint density at radius 2 is 0.548 bits per heavy atom. The van der Waals surface area contributed by atoms with Crippen molar-refractivity contribution in [3.8, 4) is 0 Å². The number of hydrogen-bond acceptors (Lipinski definition) is 5. The summed E-state index contributed by atoms with van der Waals surface area (Å²) in [6.07, 6.45) is 58.9. The number of hydrogen-bond donors (Lipinski definition) is 5. The van der Waals surface area contributed by atoms with Crippen LogP contribution in [0.3, 0.4) is 0 Å². The van der Waals surface area contributed by atoms with E-state index in [0.717, 1.165) is 38.5 Å². The molecule has 0 radical (unpaired) electrons. The Kier molecular flexibility index (Phi) is 50.7. The standard InChI is InChI=1S/C56H113NO5/c1-3-5-7-9-11-13-15-17-19-21-23-24-25-26-27-28-29-30-32-34-36-38-40-42-44-46-48-50-54(60)56(62)57-52(51-58)55(61)53(59)49-47-45-43-41-39-37-35-33-31-22-20-18-16-14-12-10-8-6-4-2/h52-55,58-61H,3-51H2,1-2H3,(H,57,62). The van der Waals surface area contributed by atoms with Crippen molar-refractivity contribution < 1.29 is 25.2 Å². The molecule has 0 heterocycles. The average molecular weight is 881 g/mol. The van der Waals surface area contributed by atoms with Gasteiger partial charge >= 0.3 is 0 Å². The fourth-order valence-corrected chi connectivity index (χ4v) is 9.35. The van der Waals surface area contributed by atoms with Crippen LogP contribution in [0.25, 0.3) is 0 Å². The molecule has 0 spiro atoms. The third-order valence-corrected chi connectivity index (χ3v) is 13.8. The molecule has 0 rings (SSSR count). The van der Waals surface area contributed by atoms with Crippen molar-refractivity contribution in [2.24, 2.45) is 0 Å². The SMILES string of the molecule is CCCCCCCCCCCCCCCCCCCCCCCCCCCCCC(O)C(=O)NC(CO)C(O)C(O)CCCCCCCCCCCCCCCCCCCCC. The van der Waals surface area contributed by atoms with Gasteiger partial charge in [0.15, 0.2) is 0 Å². The van der Waals surface area contributed by atoms with E-state index in [-0.39, 0.29) is 0 Å². The topological polar surface area (TPSA) is 110 Å². The van der Waals surface area contributed by atoms with Gasteiger partial charge in [0, 0.05) is 0 Å². The highest BCUT2D eigenvalue weighted by Crippen LogP contribution is 2.19. The summed E-state index contributed by atoms with van der Waals surface area (Å²) in [5.74, 6) is -0.575. The van der Waals surface area contributed by atoms with Crippen LogP contribution in [0, 0.1) is 0 Å². The van der Waals surface area contributed by atoms with Crippen molar-refractivity contribution in [1.29, 1.82) is 0 Å². The zero-order valence-corrected chi connectivity index (χ0v) is 42.2.